The first-order valence-electron chi connectivity index (χ1n) is 10.1. The summed E-state index contributed by atoms with van der Waals surface area (Å²) in [6.45, 7) is 3.01. The molecule has 1 aromatic rings. The van der Waals surface area contributed by atoms with Gasteiger partial charge in [0.2, 0.25) is 11.8 Å². The largest absolute Gasteiger partial charge is 0.381 e. The number of nitrogens with zero attached hydrogens (tertiary/aromatic N) is 1. The lowest BCUT2D eigenvalue weighted by atomic mass is 9.91. The molecule has 2 aliphatic rings. The molecule has 0 bridgehead atoms. The summed E-state index contributed by atoms with van der Waals surface area (Å²) in [6.07, 6.45) is 4.68. The van der Waals surface area contributed by atoms with Crippen molar-refractivity contribution in [3.63, 3.8) is 0 Å². The van der Waals surface area contributed by atoms with Crippen LogP contribution in [0, 0.1) is 23.5 Å². The number of likely N-dealkylation sites (tertiary alicyclic amines) is 1. The summed E-state index contributed by atoms with van der Waals surface area (Å²) in [5, 5.41) is 2.75. The summed E-state index contributed by atoms with van der Waals surface area (Å²) in [6, 6.07) is 3.61. The third kappa shape index (κ3) is 5.74. The highest BCUT2D eigenvalue weighted by Crippen LogP contribution is 2.25. The number of hydrogen-bond acceptors (Lipinski definition) is 3. The van der Waals surface area contributed by atoms with Crippen LogP contribution in [0.3, 0.4) is 0 Å². The van der Waals surface area contributed by atoms with Crippen molar-refractivity contribution in [2.75, 3.05) is 26.3 Å². The van der Waals surface area contributed by atoms with Crippen LogP contribution in [0.5, 0.6) is 0 Å². The van der Waals surface area contributed by atoms with Gasteiger partial charge in [0.25, 0.3) is 0 Å². The Morgan fingerprint density at radius 1 is 1.14 bits per heavy atom. The Hall–Kier alpha value is -2.02. The fourth-order valence-electron chi connectivity index (χ4n) is 3.98. The lowest BCUT2D eigenvalue weighted by Gasteiger charge is -2.36. The average Bonchev–Trinajstić information content (AvgIpc) is 2.73. The van der Waals surface area contributed by atoms with Crippen molar-refractivity contribution in [1.82, 2.24) is 10.2 Å². The molecule has 1 N–H and O–H groups in total. The van der Waals surface area contributed by atoms with Crippen LogP contribution in [-0.4, -0.2) is 43.0 Å². The molecule has 0 spiro atoms. The topological polar surface area (TPSA) is 58.6 Å². The maximum atomic E-state index is 13.2. The second-order valence-electron chi connectivity index (χ2n) is 7.74. The highest BCUT2D eigenvalue weighted by Gasteiger charge is 2.30. The molecule has 5 nitrogen and oxygen atoms in total. The number of rotatable bonds is 6. The summed E-state index contributed by atoms with van der Waals surface area (Å²) >= 11 is 0. The SMILES string of the molecule is O=C(CC[C@@H]1CCCN(C(=O)C2CCOCC2)C1)NCc1ccc(F)c(F)c1. The van der Waals surface area contributed by atoms with Gasteiger partial charge in [-0.15, -0.1) is 0 Å². The number of piperidine rings is 1. The van der Waals surface area contributed by atoms with Gasteiger partial charge in [0.15, 0.2) is 11.6 Å². The number of hydrogen-bond donors (Lipinski definition) is 1. The van der Waals surface area contributed by atoms with E-state index < -0.39 is 11.6 Å². The maximum absolute atomic E-state index is 13.2. The first-order valence-corrected chi connectivity index (χ1v) is 10.1. The van der Waals surface area contributed by atoms with E-state index in [1.54, 1.807) is 0 Å². The number of halogens is 2. The summed E-state index contributed by atoms with van der Waals surface area (Å²) < 4.78 is 31.5. The summed E-state index contributed by atoms with van der Waals surface area (Å²) in [4.78, 5) is 26.7. The minimum atomic E-state index is -0.914. The Morgan fingerprint density at radius 2 is 1.93 bits per heavy atom. The zero-order valence-corrected chi connectivity index (χ0v) is 16.1. The third-order valence-corrected chi connectivity index (χ3v) is 5.65. The average molecular weight is 394 g/mol. The van der Waals surface area contributed by atoms with E-state index in [4.69, 9.17) is 4.74 Å². The van der Waals surface area contributed by atoms with E-state index in [2.05, 4.69) is 5.32 Å². The lowest BCUT2D eigenvalue weighted by Crippen LogP contribution is -2.44. The van der Waals surface area contributed by atoms with Gasteiger partial charge in [-0.3, -0.25) is 9.59 Å². The number of nitrogens with one attached hydrogen (secondary N) is 1. The van der Waals surface area contributed by atoms with Crippen LogP contribution in [0.2, 0.25) is 0 Å². The summed E-state index contributed by atoms with van der Waals surface area (Å²) in [5.74, 6) is -1.29. The fourth-order valence-corrected chi connectivity index (χ4v) is 3.98. The third-order valence-electron chi connectivity index (χ3n) is 5.65. The lowest BCUT2D eigenvalue weighted by molar-refractivity contribution is -0.140. The minimum absolute atomic E-state index is 0.0758. The molecule has 7 heteroatoms. The van der Waals surface area contributed by atoms with Crippen molar-refractivity contribution in [2.24, 2.45) is 11.8 Å². The molecular weight excluding hydrogens is 366 g/mol. The number of amides is 2. The molecule has 1 atom stereocenters. The highest BCUT2D eigenvalue weighted by atomic mass is 19.2. The second-order valence-corrected chi connectivity index (χ2v) is 7.74. The minimum Gasteiger partial charge on any atom is -0.381 e. The van der Waals surface area contributed by atoms with E-state index in [0.29, 0.717) is 37.7 Å². The zero-order chi connectivity index (χ0) is 19.9. The van der Waals surface area contributed by atoms with Crippen LogP contribution >= 0.6 is 0 Å². The molecule has 2 heterocycles. The first kappa shape index (κ1) is 20.7. The van der Waals surface area contributed by atoms with E-state index in [0.717, 1.165) is 50.8 Å². The van der Waals surface area contributed by atoms with E-state index in [9.17, 15) is 18.4 Å². The van der Waals surface area contributed by atoms with Crippen LogP contribution < -0.4 is 5.32 Å². The molecule has 2 saturated heterocycles. The molecule has 2 amide bonds. The quantitative estimate of drug-likeness (QED) is 0.807. The van der Waals surface area contributed by atoms with Crippen molar-refractivity contribution >= 4 is 11.8 Å². The number of ether oxygens (including phenoxy) is 1. The smallest absolute Gasteiger partial charge is 0.225 e. The van der Waals surface area contributed by atoms with E-state index in [1.807, 2.05) is 4.90 Å². The molecule has 0 saturated carbocycles. The van der Waals surface area contributed by atoms with E-state index in [1.165, 1.54) is 6.07 Å². The molecule has 2 fully saturated rings. The van der Waals surface area contributed by atoms with E-state index >= 15 is 0 Å². The number of benzene rings is 1. The van der Waals surface area contributed by atoms with Crippen LogP contribution in [0.4, 0.5) is 8.78 Å². The Balaban J connectivity index is 1.40. The van der Waals surface area contributed by atoms with Gasteiger partial charge in [0.1, 0.15) is 0 Å². The summed E-state index contributed by atoms with van der Waals surface area (Å²) in [7, 11) is 0. The van der Waals surface area contributed by atoms with Gasteiger partial charge in [-0.1, -0.05) is 6.07 Å². The normalized spacial score (nSPS) is 20.8. The highest BCUT2D eigenvalue weighted by molar-refractivity contribution is 5.79. The maximum Gasteiger partial charge on any atom is 0.225 e. The van der Waals surface area contributed by atoms with E-state index in [-0.39, 0.29) is 24.3 Å². The van der Waals surface area contributed by atoms with Gasteiger partial charge in [-0.05, 0) is 55.7 Å². The van der Waals surface area contributed by atoms with Crippen LogP contribution in [0.1, 0.15) is 44.1 Å². The molecule has 2 aliphatic heterocycles. The van der Waals surface area contributed by atoms with Gasteiger partial charge < -0.3 is 15.0 Å². The first-order chi connectivity index (χ1) is 13.5. The van der Waals surface area contributed by atoms with Crippen molar-refractivity contribution in [3.8, 4) is 0 Å². The Bertz CT molecular complexity index is 692. The molecule has 0 unspecified atom stereocenters. The molecule has 28 heavy (non-hydrogen) atoms. The number of carbonyl (C=O) groups excluding carboxylic acids is 2. The monoisotopic (exact) mass is 394 g/mol. The molecule has 0 aromatic heterocycles. The Morgan fingerprint density at radius 3 is 2.68 bits per heavy atom. The molecule has 3 rings (SSSR count). The van der Waals surface area contributed by atoms with Crippen LogP contribution in [0.25, 0.3) is 0 Å². The van der Waals surface area contributed by atoms with Gasteiger partial charge >= 0.3 is 0 Å². The standard InChI is InChI=1S/C21H28F2N2O3/c22-18-5-3-16(12-19(18)23)13-24-20(26)6-4-15-2-1-9-25(14-15)21(27)17-7-10-28-11-8-17/h3,5,12,15,17H,1-2,4,6-11,13-14H2,(H,24,26)/t15-/m0/s1. The van der Waals surface area contributed by atoms with Crippen molar-refractivity contribution in [2.45, 2.75) is 45.1 Å². The van der Waals surface area contributed by atoms with Gasteiger partial charge in [-0.2, -0.15) is 0 Å². The van der Waals surface area contributed by atoms with Crippen LogP contribution in [0.15, 0.2) is 18.2 Å². The molecule has 0 radical (unpaired) electrons. The van der Waals surface area contributed by atoms with Crippen molar-refractivity contribution in [1.29, 1.82) is 0 Å². The van der Waals surface area contributed by atoms with Crippen molar-refractivity contribution in [3.05, 3.63) is 35.4 Å². The second kappa shape index (κ2) is 9.96. The Labute approximate surface area is 164 Å². The van der Waals surface area contributed by atoms with Crippen molar-refractivity contribution < 1.29 is 23.1 Å². The zero-order valence-electron chi connectivity index (χ0n) is 16.1. The molecular formula is C21H28F2N2O3. The molecule has 0 aliphatic carbocycles. The predicted octanol–water partition coefficient (Wildman–Crippen LogP) is 3.03. The number of carbonyl (C=O) groups is 2. The predicted molar refractivity (Wildman–Crippen MR) is 100 cm³/mol. The summed E-state index contributed by atoms with van der Waals surface area (Å²) in [5.41, 5.74) is 0.526. The molecule has 1 aromatic carbocycles. The Kier molecular flexibility index (Phi) is 7.36. The van der Waals surface area contributed by atoms with Gasteiger partial charge in [0, 0.05) is 45.2 Å². The van der Waals surface area contributed by atoms with Crippen LogP contribution in [-0.2, 0) is 20.9 Å². The molecule has 154 valence electrons. The fraction of sp³-hybridized carbons (Fsp3) is 0.619. The van der Waals surface area contributed by atoms with Gasteiger partial charge in [-0.25, -0.2) is 8.78 Å². The van der Waals surface area contributed by atoms with Gasteiger partial charge in [0.05, 0.1) is 0 Å².